The Kier molecular flexibility index (Phi) is 9.28. The highest BCUT2D eigenvalue weighted by atomic mass is 35.5. The minimum absolute atomic E-state index is 0.105. The number of aryl methyl sites for hydroxylation is 1. The normalized spacial score (nSPS) is 24.9. The van der Waals surface area contributed by atoms with Crippen LogP contribution in [-0.2, 0) is 23.4 Å². The van der Waals surface area contributed by atoms with Gasteiger partial charge in [0.2, 0.25) is 0 Å². The lowest BCUT2D eigenvalue weighted by Crippen LogP contribution is -2.48. The van der Waals surface area contributed by atoms with E-state index in [0.29, 0.717) is 17.2 Å². The van der Waals surface area contributed by atoms with E-state index in [1.54, 1.807) is 39.1 Å². The van der Waals surface area contributed by atoms with Crippen LogP contribution in [0.1, 0.15) is 25.9 Å². The number of aliphatic hydroxyl groups excluding tert-OH is 1. The molecular formula is C24H31ClFN6O7P. The summed E-state index contributed by atoms with van der Waals surface area (Å²) in [6.45, 7) is 4.16. The molecule has 1 unspecified atom stereocenters. The number of carbonyl (C=O) groups is 1. The summed E-state index contributed by atoms with van der Waals surface area (Å²) in [4.78, 5) is 25.1. The third kappa shape index (κ3) is 6.07. The molecule has 0 bridgehead atoms. The van der Waals surface area contributed by atoms with Crippen LogP contribution in [0.5, 0.6) is 5.75 Å². The second-order valence-electron chi connectivity index (χ2n) is 9.07. The fraction of sp³-hybridized carbons (Fsp3) is 0.500. The lowest BCUT2D eigenvalue weighted by atomic mass is 9.99. The number of nitrogens with one attached hydrogen (secondary N) is 2. The summed E-state index contributed by atoms with van der Waals surface area (Å²) >= 11 is 6.21. The number of halogens is 2. The number of benzene rings is 1. The van der Waals surface area contributed by atoms with Gasteiger partial charge in [-0.2, -0.15) is 5.09 Å². The van der Waals surface area contributed by atoms with E-state index in [0.717, 1.165) is 0 Å². The number of fused-ring (bicyclic) bond motifs is 1. The number of hydrogen-bond acceptors (Lipinski definition) is 11. The molecule has 0 radical (unpaired) electrons. The minimum atomic E-state index is -4.34. The van der Waals surface area contributed by atoms with Crippen molar-refractivity contribution in [1.29, 1.82) is 0 Å². The first-order valence-corrected chi connectivity index (χ1v) is 14.5. The van der Waals surface area contributed by atoms with Gasteiger partial charge in [0.1, 0.15) is 29.3 Å². The number of aliphatic hydroxyl groups is 1. The lowest BCUT2D eigenvalue weighted by Gasteiger charge is -2.31. The Morgan fingerprint density at radius 2 is 2.08 bits per heavy atom. The van der Waals surface area contributed by atoms with Gasteiger partial charge < -0.3 is 24.4 Å². The molecule has 3 N–H and O–H groups in total. The van der Waals surface area contributed by atoms with Gasteiger partial charge in [-0.1, -0.05) is 18.2 Å². The van der Waals surface area contributed by atoms with Crippen LogP contribution in [0.3, 0.4) is 0 Å². The van der Waals surface area contributed by atoms with Crippen LogP contribution in [0.15, 0.2) is 36.7 Å². The Balaban J connectivity index is 1.61. The van der Waals surface area contributed by atoms with Crippen LogP contribution in [0, 0.1) is 6.92 Å². The molecule has 1 aromatic carbocycles. The van der Waals surface area contributed by atoms with E-state index in [1.165, 1.54) is 30.0 Å². The molecule has 0 saturated carbocycles. The van der Waals surface area contributed by atoms with Crippen LogP contribution in [0.4, 0.5) is 10.2 Å². The van der Waals surface area contributed by atoms with Crippen LogP contribution in [-0.4, -0.2) is 80.7 Å². The van der Waals surface area contributed by atoms with Crippen LogP contribution in [0.2, 0.25) is 0 Å². The van der Waals surface area contributed by atoms with Crippen molar-refractivity contribution in [2.45, 2.75) is 50.9 Å². The predicted octanol–water partition coefficient (Wildman–Crippen LogP) is 3.13. The summed E-state index contributed by atoms with van der Waals surface area (Å²) in [6, 6.07) is 7.00. The van der Waals surface area contributed by atoms with E-state index in [4.69, 9.17) is 30.1 Å². The molecule has 3 heterocycles. The van der Waals surface area contributed by atoms with Crippen molar-refractivity contribution in [3.8, 4) is 5.75 Å². The summed E-state index contributed by atoms with van der Waals surface area (Å²) < 4.78 is 53.0. The smallest absolute Gasteiger partial charge is 0.459 e. The molecule has 0 spiro atoms. The van der Waals surface area contributed by atoms with Gasteiger partial charge in [-0.05, 0) is 32.9 Å². The zero-order valence-corrected chi connectivity index (χ0v) is 23.9. The van der Waals surface area contributed by atoms with E-state index in [2.05, 4.69) is 25.4 Å². The molecule has 4 rings (SSSR count). The standard InChI is InChI=1S/C24H31ClFN6O7P/c1-5-36-23(34)14(2)31-40(35,39-16-9-7-6-8-10-16)37-12-24(11-25)19(33)17(26)22(38-24)32-13-28-18-20(27-4)29-15(3)30-21(18)32/h6-10,13-14,17,19,22,33H,5,11-12H2,1-4H3,(H,31,35)(H,27,29,30)/t14-,17-,19+,22-,24-,40?/m1/s1. The minimum Gasteiger partial charge on any atom is -0.465 e. The fourth-order valence-electron chi connectivity index (χ4n) is 4.15. The van der Waals surface area contributed by atoms with Crippen molar-refractivity contribution in [3.63, 3.8) is 0 Å². The number of imidazole rings is 1. The zero-order valence-electron chi connectivity index (χ0n) is 22.3. The Bertz CT molecular complexity index is 1380. The first-order valence-electron chi connectivity index (χ1n) is 12.4. The summed E-state index contributed by atoms with van der Waals surface area (Å²) in [5, 5.41) is 16.4. The van der Waals surface area contributed by atoms with Gasteiger partial charge in [0.15, 0.2) is 29.4 Å². The summed E-state index contributed by atoms with van der Waals surface area (Å²) in [5.74, 6) is -0.125. The molecule has 1 aliphatic rings. The first-order chi connectivity index (χ1) is 19.1. The zero-order chi connectivity index (χ0) is 29.1. The van der Waals surface area contributed by atoms with Gasteiger partial charge in [0, 0.05) is 7.05 Å². The van der Waals surface area contributed by atoms with Crippen molar-refractivity contribution in [3.05, 3.63) is 42.5 Å². The molecule has 6 atom stereocenters. The van der Waals surface area contributed by atoms with Gasteiger partial charge in [0.25, 0.3) is 0 Å². The molecule has 16 heteroatoms. The van der Waals surface area contributed by atoms with Crippen molar-refractivity contribution >= 4 is 42.3 Å². The van der Waals surface area contributed by atoms with Gasteiger partial charge in [-0.3, -0.25) is 13.9 Å². The molecule has 218 valence electrons. The van der Waals surface area contributed by atoms with Crippen molar-refractivity contribution in [1.82, 2.24) is 24.6 Å². The van der Waals surface area contributed by atoms with Crippen LogP contribution in [0.25, 0.3) is 11.2 Å². The number of nitrogens with zero attached hydrogens (tertiary/aromatic N) is 4. The molecule has 1 saturated heterocycles. The van der Waals surface area contributed by atoms with Crippen LogP contribution < -0.4 is 14.9 Å². The monoisotopic (exact) mass is 600 g/mol. The van der Waals surface area contributed by atoms with E-state index >= 15 is 4.39 Å². The highest BCUT2D eigenvalue weighted by Gasteiger charge is 2.57. The van der Waals surface area contributed by atoms with Crippen molar-refractivity contribution in [2.75, 3.05) is 31.5 Å². The number of rotatable bonds is 12. The van der Waals surface area contributed by atoms with Crippen molar-refractivity contribution in [2.24, 2.45) is 0 Å². The molecule has 0 amide bonds. The molecule has 3 aromatic rings. The summed E-state index contributed by atoms with van der Waals surface area (Å²) in [7, 11) is -2.67. The highest BCUT2D eigenvalue weighted by Crippen LogP contribution is 2.49. The molecular weight excluding hydrogens is 570 g/mol. The molecule has 1 fully saturated rings. The Labute approximate surface area is 234 Å². The number of anilines is 1. The van der Waals surface area contributed by atoms with E-state index < -0.39 is 56.3 Å². The van der Waals surface area contributed by atoms with E-state index in [-0.39, 0.29) is 18.0 Å². The molecule has 40 heavy (non-hydrogen) atoms. The highest BCUT2D eigenvalue weighted by molar-refractivity contribution is 7.52. The summed E-state index contributed by atoms with van der Waals surface area (Å²) in [5.41, 5.74) is -1.22. The largest absolute Gasteiger partial charge is 0.465 e. The SMILES string of the molecule is CCOC(=O)[C@@H](C)NP(=O)(OC[C@@]1(CCl)O[C@@H](n2cnc3c(NC)nc(C)nc32)[C@H](F)[C@@H]1O)Oc1ccccc1. The quantitative estimate of drug-likeness (QED) is 0.159. The molecule has 2 aromatic heterocycles. The third-order valence-corrected chi connectivity index (χ3v) is 8.25. The van der Waals surface area contributed by atoms with E-state index in [1.807, 2.05) is 0 Å². The fourth-order valence-corrected chi connectivity index (χ4v) is 5.99. The summed E-state index contributed by atoms with van der Waals surface area (Å²) in [6.07, 6.45) is -3.87. The average Bonchev–Trinajstić information content (AvgIpc) is 3.46. The predicted molar refractivity (Wildman–Crippen MR) is 144 cm³/mol. The molecule has 0 aliphatic carbocycles. The third-order valence-electron chi connectivity index (χ3n) is 6.18. The molecule has 13 nitrogen and oxygen atoms in total. The van der Waals surface area contributed by atoms with Gasteiger partial charge in [-0.25, -0.2) is 23.9 Å². The van der Waals surface area contributed by atoms with Gasteiger partial charge >= 0.3 is 13.7 Å². The number of para-hydroxylation sites is 1. The van der Waals surface area contributed by atoms with Gasteiger partial charge in [0.05, 0.1) is 25.4 Å². The molecule has 1 aliphatic heterocycles. The topological polar surface area (TPSA) is 159 Å². The van der Waals surface area contributed by atoms with Gasteiger partial charge in [-0.15, -0.1) is 11.6 Å². The Hall–Kier alpha value is -2.87. The number of carbonyl (C=O) groups excluding carboxylic acids is 1. The number of esters is 1. The second-order valence-corrected chi connectivity index (χ2v) is 11.0. The maximum atomic E-state index is 15.6. The maximum Gasteiger partial charge on any atom is 0.459 e. The van der Waals surface area contributed by atoms with Crippen LogP contribution >= 0.6 is 19.3 Å². The number of aromatic nitrogens is 4. The second kappa shape index (κ2) is 12.3. The van der Waals surface area contributed by atoms with E-state index in [9.17, 15) is 14.5 Å². The number of hydrogen-bond donors (Lipinski definition) is 3. The lowest BCUT2D eigenvalue weighted by molar-refractivity contribution is -0.144. The maximum absolute atomic E-state index is 15.6. The number of ether oxygens (including phenoxy) is 2. The average molecular weight is 601 g/mol. The number of alkyl halides is 2. The first kappa shape index (κ1) is 30.1. The van der Waals surface area contributed by atoms with Crippen molar-refractivity contribution < 1.29 is 37.4 Å². The Morgan fingerprint density at radius 3 is 2.73 bits per heavy atom. The Morgan fingerprint density at radius 1 is 1.35 bits per heavy atom.